The lowest BCUT2D eigenvalue weighted by molar-refractivity contribution is 0.140. The molecule has 3 nitrogen and oxygen atoms in total. The minimum absolute atomic E-state index is 0.261. The summed E-state index contributed by atoms with van der Waals surface area (Å²) >= 11 is 0. The summed E-state index contributed by atoms with van der Waals surface area (Å²) in [7, 11) is 0. The summed E-state index contributed by atoms with van der Waals surface area (Å²) < 4.78 is 0. The summed E-state index contributed by atoms with van der Waals surface area (Å²) in [6, 6.07) is 0.322. The number of hydrogen-bond acceptors (Lipinski definition) is 3. The first-order valence-electron chi connectivity index (χ1n) is 4.43. The van der Waals surface area contributed by atoms with Crippen molar-refractivity contribution in [1.82, 2.24) is 4.90 Å². The summed E-state index contributed by atoms with van der Waals surface area (Å²) in [6.45, 7) is 3.23. The molecule has 3 N–H and O–H groups in total. The molecule has 0 bridgehead atoms. The highest BCUT2D eigenvalue weighted by molar-refractivity contribution is 4.75. The molecule has 1 heterocycles. The van der Waals surface area contributed by atoms with Crippen LogP contribution in [0.5, 0.6) is 0 Å². The number of hydrogen-bond donors (Lipinski definition) is 2. The third-order valence-electron chi connectivity index (χ3n) is 2.37. The van der Waals surface area contributed by atoms with Gasteiger partial charge in [0, 0.05) is 6.04 Å². The molecule has 0 saturated carbocycles. The molecule has 1 aliphatic rings. The zero-order valence-electron chi connectivity index (χ0n) is 7.00. The molecule has 0 spiro atoms. The van der Waals surface area contributed by atoms with Crippen molar-refractivity contribution in [3.63, 3.8) is 0 Å². The van der Waals surface area contributed by atoms with Gasteiger partial charge in [0.15, 0.2) is 0 Å². The number of rotatable bonds is 4. The van der Waals surface area contributed by atoms with Crippen molar-refractivity contribution in [3.05, 3.63) is 0 Å². The molecule has 0 radical (unpaired) electrons. The van der Waals surface area contributed by atoms with Gasteiger partial charge in [-0.25, -0.2) is 0 Å². The Labute approximate surface area is 68.2 Å². The molecule has 1 fully saturated rings. The lowest BCUT2D eigenvalue weighted by Gasteiger charge is -2.24. The molecular weight excluding hydrogens is 140 g/mol. The van der Waals surface area contributed by atoms with E-state index >= 15 is 0 Å². The molecule has 3 heteroatoms. The minimum Gasteiger partial charge on any atom is -0.395 e. The van der Waals surface area contributed by atoms with Crippen molar-refractivity contribution in [2.24, 2.45) is 5.73 Å². The second-order valence-electron chi connectivity index (χ2n) is 3.16. The summed E-state index contributed by atoms with van der Waals surface area (Å²) in [6.07, 6.45) is 3.48. The van der Waals surface area contributed by atoms with Gasteiger partial charge < -0.3 is 10.8 Å². The summed E-state index contributed by atoms with van der Waals surface area (Å²) in [4.78, 5) is 2.34. The van der Waals surface area contributed by atoms with E-state index in [2.05, 4.69) is 4.90 Å². The van der Waals surface area contributed by atoms with Crippen molar-refractivity contribution < 1.29 is 5.11 Å². The lowest BCUT2D eigenvalue weighted by atomic mass is 10.2. The fourth-order valence-corrected chi connectivity index (χ4v) is 1.69. The van der Waals surface area contributed by atoms with E-state index in [9.17, 15) is 0 Å². The van der Waals surface area contributed by atoms with E-state index < -0.39 is 0 Å². The van der Waals surface area contributed by atoms with Gasteiger partial charge in [0.25, 0.3) is 0 Å². The summed E-state index contributed by atoms with van der Waals surface area (Å²) in [5.41, 5.74) is 5.43. The zero-order valence-corrected chi connectivity index (χ0v) is 7.00. The minimum atomic E-state index is 0.261. The fraction of sp³-hybridized carbons (Fsp3) is 1.00. The smallest absolute Gasteiger partial charge is 0.0587 e. The predicted octanol–water partition coefficient (Wildman–Crippen LogP) is -0.208. The van der Waals surface area contributed by atoms with Gasteiger partial charge in [-0.15, -0.1) is 0 Å². The van der Waals surface area contributed by atoms with Crippen LogP contribution in [0.4, 0.5) is 0 Å². The molecule has 0 amide bonds. The molecule has 0 aromatic rings. The highest BCUT2D eigenvalue weighted by atomic mass is 16.3. The SMILES string of the molecule is NCCC(CO)N1CCCC1. The van der Waals surface area contributed by atoms with Crippen LogP contribution < -0.4 is 5.73 Å². The Hall–Kier alpha value is -0.120. The van der Waals surface area contributed by atoms with Crippen LogP contribution in [0.3, 0.4) is 0 Å². The van der Waals surface area contributed by atoms with Gasteiger partial charge in [0.1, 0.15) is 0 Å². The zero-order chi connectivity index (χ0) is 8.10. The molecule has 0 aliphatic carbocycles. The van der Waals surface area contributed by atoms with E-state index in [4.69, 9.17) is 10.8 Å². The second-order valence-corrected chi connectivity index (χ2v) is 3.16. The Bertz CT molecular complexity index is 102. The van der Waals surface area contributed by atoms with Crippen molar-refractivity contribution >= 4 is 0 Å². The van der Waals surface area contributed by atoms with Crippen LogP contribution in [0.15, 0.2) is 0 Å². The van der Waals surface area contributed by atoms with E-state index in [1.165, 1.54) is 12.8 Å². The Morgan fingerprint density at radius 1 is 1.36 bits per heavy atom. The highest BCUT2D eigenvalue weighted by Crippen LogP contribution is 2.12. The highest BCUT2D eigenvalue weighted by Gasteiger charge is 2.19. The Morgan fingerprint density at radius 3 is 2.45 bits per heavy atom. The molecule has 1 atom stereocenters. The fourth-order valence-electron chi connectivity index (χ4n) is 1.69. The Morgan fingerprint density at radius 2 is 2.00 bits per heavy atom. The van der Waals surface area contributed by atoms with Crippen LogP contribution in [-0.2, 0) is 0 Å². The second kappa shape index (κ2) is 4.70. The third-order valence-corrected chi connectivity index (χ3v) is 2.37. The largest absolute Gasteiger partial charge is 0.395 e. The Kier molecular flexibility index (Phi) is 3.83. The van der Waals surface area contributed by atoms with Crippen molar-refractivity contribution in [1.29, 1.82) is 0 Å². The van der Waals surface area contributed by atoms with Crippen LogP contribution >= 0.6 is 0 Å². The molecular formula is C8H18N2O. The van der Waals surface area contributed by atoms with Crippen LogP contribution in [0.2, 0.25) is 0 Å². The standard InChI is InChI=1S/C8H18N2O/c9-4-3-8(7-11)10-5-1-2-6-10/h8,11H,1-7,9H2. The van der Waals surface area contributed by atoms with E-state index in [1.54, 1.807) is 0 Å². The first-order valence-corrected chi connectivity index (χ1v) is 4.43. The van der Waals surface area contributed by atoms with Crippen molar-refractivity contribution in [2.45, 2.75) is 25.3 Å². The average molecular weight is 158 g/mol. The molecule has 1 aliphatic heterocycles. The maximum Gasteiger partial charge on any atom is 0.0587 e. The first kappa shape index (κ1) is 8.97. The molecule has 11 heavy (non-hydrogen) atoms. The third kappa shape index (κ3) is 2.43. The molecule has 1 saturated heterocycles. The van der Waals surface area contributed by atoms with Crippen molar-refractivity contribution in [3.8, 4) is 0 Å². The topological polar surface area (TPSA) is 49.5 Å². The van der Waals surface area contributed by atoms with Gasteiger partial charge in [-0.05, 0) is 38.9 Å². The Balaban J connectivity index is 2.27. The molecule has 0 aromatic carbocycles. The van der Waals surface area contributed by atoms with E-state index in [-0.39, 0.29) is 6.61 Å². The van der Waals surface area contributed by atoms with Crippen molar-refractivity contribution in [2.75, 3.05) is 26.2 Å². The van der Waals surface area contributed by atoms with Crippen LogP contribution in [-0.4, -0.2) is 42.3 Å². The van der Waals surface area contributed by atoms with Gasteiger partial charge in [-0.2, -0.15) is 0 Å². The van der Waals surface area contributed by atoms with Crippen LogP contribution in [0.25, 0.3) is 0 Å². The number of aliphatic hydroxyl groups excluding tert-OH is 1. The maximum atomic E-state index is 9.02. The summed E-state index contributed by atoms with van der Waals surface area (Å²) in [5.74, 6) is 0. The summed E-state index contributed by atoms with van der Waals surface area (Å²) in [5, 5.41) is 9.02. The number of likely N-dealkylation sites (tertiary alicyclic amines) is 1. The molecule has 1 rings (SSSR count). The molecule has 66 valence electrons. The normalized spacial score (nSPS) is 22.4. The maximum absolute atomic E-state index is 9.02. The number of aliphatic hydroxyl groups is 1. The van der Waals surface area contributed by atoms with Gasteiger partial charge in [0.05, 0.1) is 6.61 Å². The van der Waals surface area contributed by atoms with Gasteiger partial charge in [-0.1, -0.05) is 0 Å². The molecule has 1 unspecified atom stereocenters. The van der Waals surface area contributed by atoms with Gasteiger partial charge in [0.2, 0.25) is 0 Å². The molecule has 0 aromatic heterocycles. The predicted molar refractivity (Wildman–Crippen MR) is 45.4 cm³/mol. The van der Waals surface area contributed by atoms with Gasteiger partial charge in [-0.3, -0.25) is 4.90 Å². The van der Waals surface area contributed by atoms with Crippen LogP contribution in [0, 0.1) is 0 Å². The van der Waals surface area contributed by atoms with E-state index in [1.807, 2.05) is 0 Å². The number of nitrogens with two attached hydrogens (primary N) is 1. The van der Waals surface area contributed by atoms with Crippen LogP contribution in [0.1, 0.15) is 19.3 Å². The lowest BCUT2D eigenvalue weighted by Crippen LogP contribution is -2.37. The number of nitrogens with zero attached hydrogens (tertiary/aromatic N) is 1. The quantitative estimate of drug-likeness (QED) is 0.595. The van der Waals surface area contributed by atoms with Gasteiger partial charge >= 0.3 is 0 Å². The first-order chi connectivity index (χ1) is 5.38. The monoisotopic (exact) mass is 158 g/mol. The van der Waals surface area contributed by atoms with E-state index in [0.717, 1.165) is 19.5 Å². The average Bonchev–Trinajstić information content (AvgIpc) is 2.52. The van der Waals surface area contributed by atoms with E-state index in [0.29, 0.717) is 12.6 Å².